The zero-order valence-electron chi connectivity index (χ0n) is 13.9. The summed E-state index contributed by atoms with van der Waals surface area (Å²) < 4.78 is 15.0. The lowest BCUT2D eigenvalue weighted by Gasteiger charge is -2.15. The van der Waals surface area contributed by atoms with E-state index in [-0.39, 0.29) is 17.0 Å². The Morgan fingerprint density at radius 2 is 1.96 bits per heavy atom. The molecule has 2 aromatic carbocycles. The van der Waals surface area contributed by atoms with Gasteiger partial charge in [-0.2, -0.15) is 5.10 Å². The van der Waals surface area contributed by atoms with E-state index >= 15 is 0 Å². The third kappa shape index (κ3) is 2.99. The van der Waals surface area contributed by atoms with E-state index in [1.54, 1.807) is 22.9 Å². The van der Waals surface area contributed by atoms with Crippen molar-refractivity contribution < 1.29 is 9.18 Å². The highest BCUT2D eigenvalue weighted by molar-refractivity contribution is 8.00. The van der Waals surface area contributed by atoms with Crippen molar-refractivity contribution in [2.24, 2.45) is 0 Å². The van der Waals surface area contributed by atoms with Crippen LogP contribution in [0.15, 0.2) is 48.5 Å². The number of nitrogens with zero attached hydrogens (tertiary/aromatic N) is 2. The Morgan fingerprint density at radius 1 is 1.23 bits per heavy atom. The van der Waals surface area contributed by atoms with Crippen LogP contribution in [0.25, 0.3) is 5.69 Å². The van der Waals surface area contributed by atoms with Gasteiger partial charge in [0.25, 0.3) is 0 Å². The summed E-state index contributed by atoms with van der Waals surface area (Å²) in [5.74, 6) is 0.526. The second kappa shape index (κ2) is 6.78. The molecule has 0 bridgehead atoms. The highest BCUT2D eigenvalue weighted by Crippen LogP contribution is 2.44. The first kappa shape index (κ1) is 17.1. The number of nitrogens with one attached hydrogen (secondary N) is 1. The van der Waals surface area contributed by atoms with Crippen molar-refractivity contribution in [3.8, 4) is 5.69 Å². The molecule has 26 heavy (non-hydrogen) atoms. The van der Waals surface area contributed by atoms with Crippen LogP contribution in [0.1, 0.15) is 22.1 Å². The number of para-hydroxylation sites is 1. The molecule has 1 amide bonds. The molecule has 0 saturated carbocycles. The van der Waals surface area contributed by atoms with E-state index in [1.807, 2.05) is 25.1 Å². The molecule has 0 saturated heterocycles. The quantitative estimate of drug-likeness (QED) is 0.690. The van der Waals surface area contributed by atoms with Crippen molar-refractivity contribution in [1.29, 1.82) is 0 Å². The van der Waals surface area contributed by atoms with Crippen molar-refractivity contribution in [2.75, 3.05) is 11.1 Å². The largest absolute Gasteiger partial charge is 0.310 e. The number of aryl methyl sites for hydroxylation is 1. The lowest BCUT2D eigenvalue weighted by molar-refractivity contribution is -0.113. The molecule has 1 N–H and O–H groups in total. The third-order valence-electron chi connectivity index (χ3n) is 4.26. The van der Waals surface area contributed by atoms with Gasteiger partial charge >= 0.3 is 0 Å². The number of hydrogen-bond donors (Lipinski definition) is 1. The van der Waals surface area contributed by atoms with Crippen LogP contribution in [-0.2, 0) is 4.79 Å². The van der Waals surface area contributed by atoms with Crippen molar-refractivity contribution >= 4 is 35.1 Å². The van der Waals surface area contributed by atoms with Gasteiger partial charge in [-0.05, 0) is 36.8 Å². The smallest absolute Gasteiger partial charge is 0.235 e. The highest BCUT2D eigenvalue weighted by Gasteiger charge is 2.30. The molecule has 4 rings (SSSR count). The van der Waals surface area contributed by atoms with Gasteiger partial charge < -0.3 is 5.32 Å². The molecular formula is C19H15ClFN3OS. The van der Waals surface area contributed by atoms with Gasteiger partial charge in [-0.3, -0.25) is 4.79 Å². The number of anilines is 1. The molecule has 132 valence electrons. The van der Waals surface area contributed by atoms with E-state index in [0.29, 0.717) is 22.3 Å². The van der Waals surface area contributed by atoms with Gasteiger partial charge in [-0.15, -0.1) is 11.8 Å². The number of amides is 1. The molecule has 0 spiro atoms. The van der Waals surface area contributed by atoms with E-state index < -0.39 is 0 Å². The number of rotatable bonds is 2. The predicted molar refractivity (Wildman–Crippen MR) is 103 cm³/mol. The van der Waals surface area contributed by atoms with Crippen LogP contribution in [0.5, 0.6) is 0 Å². The van der Waals surface area contributed by atoms with Gasteiger partial charge in [0.15, 0.2) is 0 Å². The van der Waals surface area contributed by atoms with Gasteiger partial charge in [0.2, 0.25) is 5.91 Å². The first-order chi connectivity index (χ1) is 12.5. The summed E-state index contributed by atoms with van der Waals surface area (Å²) in [5.41, 5.74) is 3.33. The number of halogens is 2. The molecule has 3 aromatic rings. The first-order valence-electron chi connectivity index (χ1n) is 8.06. The average molecular weight is 388 g/mol. The minimum Gasteiger partial charge on any atom is -0.310 e. The third-order valence-corrected chi connectivity index (χ3v) is 5.85. The van der Waals surface area contributed by atoms with Crippen LogP contribution < -0.4 is 5.32 Å². The topological polar surface area (TPSA) is 46.9 Å². The van der Waals surface area contributed by atoms with E-state index in [9.17, 15) is 9.18 Å². The Balaban J connectivity index is 1.91. The molecule has 2 heterocycles. The zero-order chi connectivity index (χ0) is 18.3. The molecule has 4 nitrogen and oxygen atoms in total. The maximum Gasteiger partial charge on any atom is 0.235 e. The number of fused-ring (bicyclic) bond motifs is 1. The molecule has 1 aliphatic heterocycles. The minimum absolute atomic E-state index is 0.103. The van der Waals surface area contributed by atoms with Crippen molar-refractivity contribution in [3.63, 3.8) is 0 Å². The fourth-order valence-electron chi connectivity index (χ4n) is 3.08. The summed E-state index contributed by atoms with van der Waals surface area (Å²) >= 11 is 7.84. The molecule has 0 unspecified atom stereocenters. The normalized spacial score (nSPS) is 16.7. The first-order valence-corrected chi connectivity index (χ1v) is 9.48. The van der Waals surface area contributed by atoms with Crippen LogP contribution in [0.2, 0.25) is 5.02 Å². The Morgan fingerprint density at radius 3 is 2.69 bits per heavy atom. The maximum absolute atomic E-state index is 13.3. The van der Waals surface area contributed by atoms with Gasteiger partial charge in [0.05, 0.1) is 27.4 Å². The highest BCUT2D eigenvalue weighted by atomic mass is 35.5. The Hall–Kier alpha value is -2.31. The molecule has 0 radical (unpaired) electrons. The van der Waals surface area contributed by atoms with Crippen LogP contribution in [-0.4, -0.2) is 21.4 Å². The average Bonchev–Trinajstić information content (AvgIpc) is 2.82. The summed E-state index contributed by atoms with van der Waals surface area (Å²) in [7, 11) is 0. The fourth-order valence-corrected chi connectivity index (χ4v) is 4.49. The molecule has 0 aliphatic carbocycles. The number of carbonyl (C=O) groups excluding carboxylic acids is 1. The summed E-state index contributed by atoms with van der Waals surface area (Å²) in [6, 6.07) is 13.7. The van der Waals surface area contributed by atoms with E-state index in [2.05, 4.69) is 10.4 Å². The van der Waals surface area contributed by atoms with Crippen LogP contribution in [0, 0.1) is 12.7 Å². The van der Waals surface area contributed by atoms with E-state index in [1.165, 1.54) is 23.9 Å². The summed E-state index contributed by atoms with van der Waals surface area (Å²) in [6.07, 6.45) is 0. The number of carbonyl (C=O) groups is 1. The Bertz CT molecular complexity index is 987. The van der Waals surface area contributed by atoms with Crippen LogP contribution >= 0.6 is 23.4 Å². The van der Waals surface area contributed by atoms with E-state index in [0.717, 1.165) is 16.8 Å². The van der Waals surface area contributed by atoms with Gasteiger partial charge in [-0.25, -0.2) is 9.07 Å². The Labute approximate surface area is 159 Å². The van der Waals surface area contributed by atoms with Crippen molar-refractivity contribution in [2.45, 2.75) is 12.2 Å². The standard InChI is InChI=1S/C19H15ClFN3OS/c1-11-17-18(12-6-8-13(21)9-7-12)26-10-16(25)22-19(17)24(23-11)15-5-3-2-4-14(15)20/h2-9,18H,10H2,1H3,(H,22,25)/t18-/m0/s1. The molecule has 1 atom stereocenters. The fraction of sp³-hybridized carbons (Fsp3) is 0.158. The van der Waals surface area contributed by atoms with Crippen LogP contribution in [0.4, 0.5) is 10.2 Å². The maximum atomic E-state index is 13.3. The molecule has 1 aliphatic rings. The van der Waals surface area contributed by atoms with E-state index in [4.69, 9.17) is 11.6 Å². The molecule has 7 heteroatoms. The summed E-state index contributed by atoms with van der Waals surface area (Å²) in [5, 5.41) is 8.00. The SMILES string of the molecule is Cc1nn(-c2ccccc2Cl)c2c1[C@H](c1ccc(F)cc1)SCC(=O)N2. The zero-order valence-corrected chi connectivity index (χ0v) is 15.4. The Kier molecular flexibility index (Phi) is 4.46. The lowest BCUT2D eigenvalue weighted by atomic mass is 10.0. The van der Waals surface area contributed by atoms with Gasteiger partial charge in [0, 0.05) is 5.56 Å². The molecule has 0 fully saturated rings. The van der Waals surface area contributed by atoms with Crippen LogP contribution in [0.3, 0.4) is 0 Å². The number of benzene rings is 2. The van der Waals surface area contributed by atoms with Gasteiger partial charge in [-0.1, -0.05) is 35.9 Å². The summed E-state index contributed by atoms with van der Waals surface area (Å²) in [6.45, 7) is 1.90. The predicted octanol–water partition coefficient (Wildman–Crippen LogP) is 4.75. The number of thioether (sulfide) groups is 1. The van der Waals surface area contributed by atoms with Crippen molar-refractivity contribution in [1.82, 2.24) is 9.78 Å². The molecular weight excluding hydrogens is 373 g/mol. The minimum atomic E-state index is -0.287. The number of hydrogen-bond acceptors (Lipinski definition) is 3. The molecule has 1 aromatic heterocycles. The monoisotopic (exact) mass is 387 g/mol. The second-order valence-corrected chi connectivity index (χ2v) is 7.50. The summed E-state index contributed by atoms with van der Waals surface area (Å²) in [4.78, 5) is 12.3. The van der Waals surface area contributed by atoms with Crippen molar-refractivity contribution in [3.05, 3.63) is 76.2 Å². The lowest BCUT2D eigenvalue weighted by Crippen LogP contribution is -2.16. The number of aromatic nitrogens is 2. The second-order valence-electron chi connectivity index (χ2n) is 6.00. The van der Waals surface area contributed by atoms with Gasteiger partial charge in [0.1, 0.15) is 11.6 Å².